The van der Waals surface area contributed by atoms with Gasteiger partial charge in [0.1, 0.15) is 12.6 Å². The number of rotatable bonds is 2. The lowest BCUT2D eigenvalue weighted by atomic mass is 9.73. The van der Waals surface area contributed by atoms with Crippen molar-refractivity contribution < 1.29 is 9.59 Å². The van der Waals surface area contributed by atoms with E-state index in [9.17, 15) is 9.59 Å². The number of hydrogen-bond donors (Lipinski definition) is 0. The first kappa shape index (κ1) is 13.3. The average Bonchev–Trinajstić information content (AvgIpc) is 2.46. The van der Waals surface area contributed by atoms with E-state index in [2.05, 4.69) is 0 Å². The first-order chi connectivity index (χ1) is 9.69. The molecule has 0 spiro atoms. The number of hydrogen-bond acceptors (Lipinski definition) is 2. The fourth-order valence-corrected chi connectivity index (χ4v) is 3.50. The summed E-state index contributed by atoms with van der Waals surface area (Å²) in [7, 11) is 0. The fourth-order valence-electron chi connectivity index (χ4n) is 2.90. The van der Waals surface area contributed by atoms with Crippen LogP contribution in [0.15, 0.2) is 36.4 Å². The van der Waals surface area contributed by atoms with Gasteiger partial charge in [0.05, 0.1) is 11.8 Å². The molecule has 0 heterocycles. The first-order valence-electron chi connectivity index (χ1n) is 6.16. The van der Waals surface area contributed by atoms with E-state index >= 15 is 0 Å². The third-order valence-electron chi connectivity index (χ3n) is 3.74. The maximum absolute atomic E-state index is 11.6. The minimum absolute atomic E-state index is 0.483. The second kappa shape index (κ2) is 5.04. The zero-order valence-corrected chi connectivity index (χ0v) is 11.9. The van der Waals surface area contributed by atoms with E-state index in [1.807, 2.05) is 12.1 Å². The molecule has 0 fully saturated rings. The van der Waals surface area contributed by atoms with E-state index in [0.29, 0.717) is 21.2 Å². The van der Waals surface area contributed by atoms with Gasteiger partial charge in [-0.15, -0.1) is 0 Å². The van der Waals surface area contributed by atoms with Crippen molar-refractivity contribution in [1.82, 2.24) is 0 Å². The van der Waals surface area contributed by atoms with Crippen LogP contribution in [-0.2, 0) is 9.59 Å². The molecule has 0 radical (unpaired) electrons. The number of carbonyl (C=O) groups excluding carboxylic acids is 2. The molecule has 0 saturated heterocycles. The number of halogens is 2. The maximum Gasteiger partial charge on any atom is 0.131 e. The quantitative estimate of drug-likeness (QED) is 0.787. The Labute approximate surface area is 126 Å². The smallest absolute Gasteiger partial charge is 0.131 e. The van der Waals surface area contributed by atoms with Crippen molar-refractivity contribution in [1.29, 1.82) is 0 Å². The molecule has 0 aliphatic heterocycles. The van der Waals surface area contributed by atoms with Crippen LogP contribution in [-0.4, -0.2) is 12.6 Å². The van der Waals surface area contributed by atoms with Crippen LogP contribution in [0, 0.1) is 0 Å². The van der Waals surface area contributed by atoms with Crippen molar-refractivity contribution in [2.45, 2.75) is 11.8 Å². The van der Waals surface area contributed by atoms with Crippen LogP contribution in [0.1, 0.15) is 34.1 Å². The Morgan fingerprint density at radius 1 is 0.750 bits per heavy atom. The molecule has 0 N–H and O–H groups in total. The second-order valence-corrected chi connectivity index (χ2v) is 5.53. The Hall–Kier alpha value is -1.64. The van der Waals surface area contributed by atoms with Crippen LogP contribution in [0.25, 0.3) is 0 Å². The first-order valence-corrected chi connectivity index (χ1v) is 6.91. The molecule has 0 bridgehead atoms. The summed E-state index contributed by atoms with van der Waals surface area (Å²) in [6.07, 6.45) is 1.70. The van der Waals surface area contributed by atoms with Crippen molar-refractivity contribution in [3.05, 3.63) is 68.7 Å². The largest absolute Gasteiger partial charge is 0.302 e. The van der Waals surface area contributed by atoms with Crippen molar-refractivity contribution in [2.24, 2.45) is 0 Å². The molecule has 2 aromatic rings. The third kappa shape index (κ3) is 1.80. The predicted molar refractivity (Wildman–Crippen MR) is 78.7 cm³/mol. The Kier molecular flexibility index (Phi) is 3.36. The standard InChI is InChI=1S/C16H10Cl2O2/c17-13-5-1-3-9-11(7-19)16-10(4-2-6-14(16)18)12(8-20)15(9)13/h1-8,11-12H/t11-,12-/m0/s1. The topological polar surface area (TPSA) is 34.1 Å². The molecule has 3 rings (SSSR count). The van der Waals surface area contributed by atoms with Gasteiger partial charge in [0.25, 0.3) is 0 Å². The van der Waals surface area contributed by atoms with E-state index in [-0.39, 0.29) is 0 Å². The predicted octanol–water partition coefficient (Wildman–Crippen LogP) is 3.97. The molecular formula is C16H10Cl2O2. The summed E-state index contributed by atoms with van der Waals surface area (Å²) < 4.78 is 0. The normalized spacial score (nSPS) is 19.9. The van der Waals surface area contributed by atoms with Gasteiger partial charge in [0.2, 0.25) is 0 Å². The maximum atomic E-state index is 11.6. The van der Waals surface area contributed by atoms with Gasteiger partial charge in [-0.1, -0.05) is 47.5 Å². The zero-order chi connectivity index (χ0) is 14.3. The molecule has 2 aromatic carbocycles. The summed E-state index contributed by atoms with van der Waals surface area (Å²) in [5.41, 5.74) is 2.92. The van der Waals surface area contributed by atoms with Crippen LogP contribution in [0.3, 0.4) is 0 Å². The lowest BCUT2D eigenvalue weighted by Crippen LogP contribution is -2.20. The van der Waals surface area contributed by atoms with Gasteiger partial charge in [0.15, 0.2) is 0 Å². The average molecular weight is 305 g/mol. The number of carbonyl (C=O) groups is 2. The third-order valence-corrected chi connectivity index (χ3v) is 4.40. The van der Waals surface area contributed by atoms with E-state index < -0.39 is 11.8 Å². The lowest BCUT2D eigenvalue weighted by Gasteiger charge is -2.30. The summed E-state index contributed by atoms with van der Waals surface area (Å²) in [4.78, 5) is 23.1. The van der Waals surface area contributed by atoms with Crippen LogP contribution in [0.5, 0.6) is 0 Å². The number of benzene rings is 2. The molecular weight excluding hydrogens is 295 g/mol. The summed E-state index contributed by atoms with van der Waals surface area (Å²) >= 11 is 12.5. The van der Waals surface area contributed by atoms with Gasteiger partial charge in [-0.25, -0.2) is 0 Å². The monoisotopic (exact) mass is 304 g/mol. The molecule has 20 heavy (non-hydrogen) atoms. The SMILES string of the molecule is O=C[C@H]1c2cccc(Cl)c2[C@@H](C=O)c2cccc(Cl)c21. The molecule has 4 heteroatoms. The highest BCUT2D eigenvalue weighted by molar-refractivity contribution is 6.32. The minimum Gasteiger partial charge on any atom is -0.302 e. The highest BCUT2D eigenvalue weighted by atomic mass is 35.5. The molecule has 1 aliphatic rings. The Morgan fingerprint density at radius 3 is 1.50 bits per heavy atom. The Bertz CT molecular complexity index is 648. The summed E-state index contributed by atoms with van der Waals surface area (Å²) in [6, 6.07) is 10.7. The lowest BCUT2D eigenvalue weighted by molar-refractivity contribution is -0.109. The van der Waals surface area contributed by atoms with Gasteiger partial charge in [-0.05, 0) is 34.4 Å². The molecule has 0 aromatic heterocycles. The van der Waals surface area contributed by atoms with E-state index in [0.717, 1.165) is 23.7 Å². The molecule has 2 nitrogen and oxygen atoms in total. The van der Waals surface area contributed by atoms with Gasteiger partial charge >= 0.3 is 0 Å². The Morgan fingerprint density at radius 2 is 1.15 bits per heavy atom. The minimum atomic E-state index is -0.483. The van der Waals surface area contributed by atoms with Gasteiger partial charge in [0, 0.05) is 10.0 Å². The molecule has 2 atom stereocenters. The van der Waals surface area contributed by atoms with Crippen LogP contribution in [0.4, 0.5) is 0 Å². The van der Waals surface area contributed by atoms with Crippen LogP contribution < -0.4 is 0 Å². The summed E-state index contributed by atoms with van der Waals surface area (Å²) in [6.45, 7) is 0. The van der Waals surface area contributed by atoms with Crippen molar-refractivity contribution in [3.8, 4) is 0 Å². The molecule has 0 saturated carbocycles. The molecule has 0 unspecified atom stereocenters. The van der Waals surface area contributed by atoms with E-state index in [1.165, 1.54) is 0 Å². The number of aldehydes is 2. The van der Waals surface area contributed by atoms with Crippen molar-refractivity contribution in [3.63, 3.8) is 0 Å². The highest BCUT2D eigenvalue weighted by Crippen LogP contribution is 2.46. The van der Waals surface area contributed by atoms with Gasteiger partial charge in [-0.2, -0.15) is 0 Å². The molecule has 100 valence electrons. The molecule has 0 amide bonds. The molecule has 1 aliphatic carbocycles. The van der Waals surface area contributed by atoms with Crippen molar-refractivity contribution >= 4 is 35.8 Å². The number of fused-ring (bicyclic) bond motifs is 2. The Balaban J connectivity index is 2.39. The summed E-state index contributed by atoms with van der Waals surface area (Å²) in [5, 5.41) is 0.995. The second-order valence-electron chi connectivity index (χ2n) is 4.71. The fraction of sp³-hybridized carbons (Fsp3) is 0.125. The summed E-state index contributed by atoms with van der Waals surface area (Å²) in [5.74, 6) is -0.966. The van der Waals surface area contributed by atoms with E-state index in [4.69, 9.17) is 23.2 Å². The van der Waals surface area contributed by atoms with Crippen LogP contribution in [0.2, 0.25) is 10.0 Å². The van der Waals surface area contributed by atoms with Crippen LogP contribution >= 0.6 is 23.2 Å². The van der Waals surface area contributed by atoms with Gasteiger partial charge < -0.3 is 9.59 Å². The zero-order valence-electron chi connectivity index (χ0n) is 10.3. The van der Waals surface area contributed by atoms with E-state index in [1.54, 1.807) is 24.3 Å². The van der Waals surface area contributed by atoms with Gasteiger partial charge in [-0.3, -0.25) is 0 Å². The highest BCUT2D eigenvalue weighted by Gasteiger charge is 2.34. The van der Waals surface area contributed by atoms with Crippen molar-refractivity contribution in [2.75, 3.05) is 0 Å².